The maximum absolute atomic E-state index is 12.1. The molecule has 0 heterocycles. The van der Waals surface area contributed by atoms with Gasteiger partial charge in [-0.25, -0.2) is 4.79 Å². The molecule has 1 amide bonds. The van der Waals surface area contributed by atoms with Crippen molar-refractivity contribution in [2.75, 3.05) is 19.5 Å². The fourth-order valence-corrected chi connectivity index (χ4v) is 2.19. The molecular formula is C14H18N2O5. The number of anilines is 1. The van der Waals surface area contributed by atoms with E-state index in [1.54, 1.807) is 0 Å². The maximum atomic E-state index is 12.1. The molecule has 1 aromatic carbocycles. The summed E-state index contributed by atoms with van der Waals surface area (Å²) < 4.78 is 10.2. The number of hydrogen-bond acceptors (Lipinski definition) is 5. The Morgan fingerprint density at radius 3 is 2.24 bits per heavy atom. The number of methoxy groups -OCH3 is 2. The first kappa shape index (κ1) is 15.1. The number of hydrogen-bond donors (Lipinski definition) is 3. The molecule has 1 aliphatic rings. The minimum atomic E-state index is -1.18. The van der Waals surface area contributed by atoms with Crippen LogP contribution < -0.4 is 20.5 Å². The molecule has 1 fully saturated rings. The molecule has 1 aromatic rings. The van der Waals surface area contributed by atoms with Crippen molar-refractivity contribution < 1.29 is 24.2 Å². The summed E-state index contributed by atoms with van der Waals surface area (Å²) in [5.41, 5.74) is 5.08. The summed E-state index contributed by atoms with van der Waals surface area (Å²) in [4.78, 5) is 23.5. The monoisotopic (exact) mass is 294 g/mol. The van der Waals surface area contributed by atoms with E-state index in [4.69, 9.17) is 15.2 Å². The highest BCUT2D eigenvalue weighted by atomic mass is 16.5. The Hall–Kier alpha value is -2.28. The van der Waals surface area contributed by atoms with Gasteiger partial charge in [0.2, 0.25) is 5.91 Å². The first-order valence-electron chi connectivity index (χ1n) is 6.51. The van der Waals surface area contributed by atoms with Gasteiger partial charge in [0, 0.05) is 12.1 Å². The number of carboxylic acids is 1. The van der Waals surface area contributed by atoms with E-state index in [0.717, 1.165) is 6.42 Å². The summed E-state index contributed by atoms with van der Waals surface area (Å²) in [5.74, 6) is -0.953. The van der Waals surface area contributed by atoms with E-state index < -0.39 is 11.5 Å². The van der Waals surface area contributed by atoms with Crippen LogP contribution in [-0.2, 0) is 4.79 Å². The SMILES string of the molecule is COc1cc(NC(=O)C2(N)CCC2)c(C(=O)O)cc1OC. The Morgan fingerprint density at radius 1 is 1.24 bits per heavy atom. The second-order valence-electron chi connectivity index (χ2n) is 5.02. The molecule has 21 heavy (non-hydrogen) atoms. The van der Waals surface area contributed by atoms with E-state index in [-0.39, 0.29) is 22.9 Å². The summed E-state index contributed by atoms with van der Waals surface area (Å²) in [7, 11) is 2.84. The number of carboxylic acid groups (broad SMARTS) is 1. The van der Waals surface area contributed by atoms with Gasteiger partial charge in [0.1, 0.15) is 0 Å². The Labute approximate surface area is 122 Å². The van der Waals surface area contributed by atoms with Crippen LogP contribution in [0.3, 0.4) is 0 Å². The van der Waals surface area contributed by atoms with Gasteiger partial charge in [-0.15, -0.1) is 0 Å². The molecule has 0 aliphatic heterocycles. The summed E-state index contributed by atoms with van der Waals surface area (Å²) >= 11 is 0. The Balaban J connectivity index is 2.36. The molecule has 114 valence electrons. The van der Waals surface area contributed by atoms with Gasteiger partial charge in [-0.3, -0.25) is 4.79 Å². The zero-order valence-corrected chi connectivity index (χ0v) is 11.9. The van der Waals surface area contributed by atoms with Gasteiger partial charge in [-0.05, 0) is 19.3 Å². The number of carbonyl (C=O) groups is 2. The number of ether oxygens (including phenoxy) is 2. The van der Waals surface area contributed by atoms with E-state index >= 15 is 0 Å². The van der Waals surface area contributed by atoms with Crippen LogP contribution in [0.2, 0.25) is 0 Å². The van der Waals surface area contributed by atoms with Gasteiger partial charge < -0.3 is 25.6 Å². The van der Waals surface area contributed by atoms with Crippen molar-refractivity contribution in [3.8, 4) is 11.5 Å². The van der Waals surface area contributed by atoms with Crippen molar-refractivity contribution >= 4 is 17.6 Å². The Morgan fingerprint density at radius 2 is 1.81 bits per heavy atom. The third kappa shape index (κ3) is 2.78. The number of aromatic carboxylic acids is 1. The molecule has 1 saturated carbocycles. The van der Waals surface area contributed by atoms with Crippen LogP contribution in [0.1, 0.15) is 29.6 Å². The Kier molecular flexibility index (Phi) is 4.04. The second-order valence-corrected chi connectivity index (χ2v) is 5.02. The fourth-order valence-electron chi connectivity index (χ4n) is 2.19. The zero-order valence-electron chi connectivity index (χ0n) is 11.9. The first-order chi connectivity index (χ1) is 9.91. The lowest BCUT2D eigenvalue weighted by atomic mass is 9.77. The molecule has 0 aromatic heterocycles. The van der Waals surface area contributed by atoms with Crippen molar-refractivity contribution in [1.29, 1.82) is 0 Å². The lowest BCUT2D eigenvalue weighted by molar-refractivity contribution is -0.123. The summed E-state index contributed by atoms with van der Waals surface area (Å²) in [5, 5.41) is 11.8. The van der Waals surface area contributed by atoms with Crippen LogP contribution in [0.4, 0.5) is 5.69 Å². The molecule has 1 aliphatic carbocycles. The summed E-state index contributed by atoms with van der Waals surface area (Å²) in [6.45, 7) is 0. The van der Waals surface area contributed by atoms with E-state index in [0.29, 0.717) is 18.6 Å². The van der Waals surface area contributed by atoms with E-state index in [9.17, 15) is 14.7 Å². The predicted octanol–water partition coefficient (Wildman–Crippen LogP) is 1.22. The maximum Gasteiger partial charge on any atom is 0.337 e. The lowest BCUT2D eigenvalue weighted by Gasteiger charge is -2.36. The standard InChI is InChI=1S/C14H18N2O5/c1-20-10-6-8(12(17)18)9(7-11(10)21-2)16-13(19)14(15)4-3-5-14/h6-7H,3-5,15H2,1-2H3,(H,16,19)(H,17,18). The van der Waals surface area contributed by atoms with Crippen molar-refractivity contribution in [2.45, 2.75) is 24.8 Å². The number of carbonyl (C=O) groups excluding carboxylic acids is 1. The number of nitrogens with two attached hydrogens (primary N) is 1. The van der Waals surface area contributed by atoms with Crippen LogP contribution in [0.5, 0.6) is 11.5 Å². The molecule has 0 saturated heterocycles. The highest BCUT2D eigenvalue weighted by molar-refractivity contribution is 6.04. The second kappa shape index (κ2) is 5.61. The van der Waals surface area contributed by atoms with Crippen LogP contribution >= 0.6 is 0 Å². The molecular weight excluding hydrogens is 276 g/mol. The van der Waals surface area contributed by atoms with Crippen molar-refractivity contribution in [3.05, 3.63) is 17.7 Å². The average Bonchev–Trinajstić information content (AvgIpc) is 2.43. The van der Waals surface area contributed by atoms with Gasteiger partial charge in [-0.2, -0.15) is 0 Å². The average molecular weight is 294 g/mol. The van der Waals surface area contributed by atoms with E-state index in [1.165, 1.54) is 26.4 Å². The van der Waals surface area contributed by atoms with E-state index in [1.807, 2.05) is 0 Å². The third-order valence-electron chi connectivity index (χ3n) is 3.70. The number of nitrogens with one attached hydrogen (secondary N) is 1. The molecule has 0 bridgehead atoms. The predicted molar refractivity (Wildman–Crippen MR) is 75.9 cm³/mol. The largest absolute Gasteiger partial charge is 0.493 e. The topological polar surface area (TPSA) is 111 Å². The van der Waals surface area contributed by atoms with Crippen molar-refractivity contribution in [2.24, 2.45) is 5.73 Å². The van der Waals surface area contributed by atoms with Crippen molar-refractivity contribution in [3.63, 3.8) is 0 Å². The quantitative estimate of drug-likeness (QED) is 0.753. The Bertz CT molecular complexity index is 581. The molecule has 7 nitrogen and oxygen atoms in total. The van der Waals surface area contributed by atoms with Gasteiger partial charge in [0.15, 0.2) is 11.5 Å². The number of benzene rings is 1. The lowest BCUT2D eigenvalue weighted by Crippen LogP contribution is -2.56. The number of amides is 1. The smallest absolute Gasteiger partial charge is 0.337 e. The number of rotatable bonds is 5. The summed E-state index contributed by atoms with van der Waals surface area (Å²) in [6.07, 6.45) is 2.07. The van der Waals surface area contributed by atoms with Crippen LogP contribution in [0.25, 0.3) is 0 Å². The first-order valence-corrected chi connectivity index (χ1v) is 6.51. The third-order valence-corrected chi connectivity index (χ3v) is 3.70. The molecule has 4 N–H and O–H groups in total. The molecule has 0 atom stereocenters. The van der Waals surface area contributed by atoms with Gasteiger partial charge in [0.05, 0.1) is 31.0 Å². The zero-order chi connectivity index (χ0) is 15.6. The van der Waals surface area contributed by atoms with E-state index in [2.05, 4.69) is 5.32 Å². The van der Waals surface area contributed by atoms with Crippen LogP contribution in [0.15, 0.2) is 12.1 Å². The van der Waals surface area contributed by atoms with Crippen LogP contribution in [-0.4, -0.2) is 36.7 Å². The molecule has 0 spiro atoms. The van der Waals surface area contributed by atoms with Crippen LogP contribution in [0, 0.1) is 0 Å². The van der Waals surface area contributed by atoms with Gasteiger partial charge >= 0.3 is 5.97 Å². The molecule has 0 unspecified atom stereocenters. The molecule has 7 heteroatoms. The fraction of sp³-hybridized carbons (Fsp3) is 0.429. The minimum absolute atomic E-state index is 0.0797. The molecule has 0 radical (unpaired) electrons. The normalized spacial score (nSPS) is 15.8. The summed E-state index contributed by atoms with van der Waals surface area (Å²) in [6, 6.07) is 2.73. The highest BCUT2D eigenvalue weighted by Crippen LogP contribution is 2.35. The minimum Gasteiger partial charge on any atom is -0.493 e. The van der Waals surface area contributed by atoms with Crippen molar-refractivity contribution in [1.82, 2.24) is 0 Å². The molecule has 2 rings (SSSR count). The highest BCUT2D eigenvalue weighted by Gasteiger charge is 2.40. The van der Waals surface area contributed by atoms with Gasteiger partial charge in [0.25, 0.3) is 0 Å². The van der Waals surface area contributed by atoms with Gasteiger partial charge in [-0.1, -0.05) is 0 Å².